The maximum Gasteiger partial charge on any atom is 0.459 e. The van der Waals surface area contributed by atoms with Crippen LogP contribution >= 0.6 is 19.3 Å². The molecule has 1 saturated heterocycles. The number of rotatable bonds is 11. The summed E-state index contributed by atoms with van der Waals surface area (Å²) in [5.74, 6) is -0.320. The Kier molecular flexibility index (Phi) is 8.60. The number of aliphatic hydroxyl groups excluding tert-OH is 1. The fraction of sp³-hybridized carbons (Fsp3) is 0.280. The van der Waals surface area contributed by atoms with Gasteiger partial charge < -0.3 is 24.8 Å². The number of esters is 1. The van der Waals surface area contributed by atoms with E-state index in [0.717, 1.165) is 5.56 Å². The summed E-state index contributed by atoms with van der Waals surface area (Å²) in [6, 6.07) is 17.5. The SMILES string of the molecule is Nc1nc(Cl)nc2c1ncn2[C@H]1C[C@@H](OP(=O)(NCC(=O)OCc2ccccc2)Oc2ccccc2)[C@@H](CO)O1. The number of nitrogens with two attached hydrogens (primary N) is 1. The van der Waals surface area contributed by atoms with Crippen LogP contribution in [0.2, 0.25) is 5.28 Å². The number of fused-ring (bicyclic) bond motifs is 1. The number of carbonyl (C=O) groups excluding carboxylic acids is 1. The summed E-state index contributed by atoms with van der Waals surface area (Å²) in [4.78, 5) is 24.7. The van der Waals surface area contributed by atoms with Crippen molar-refractivity contribution in [2.45, 2.75) is 31.5 Å². The molecule has 0 radical (unpaired) electrons. The second-order valence-corrected chi connectivity index (χ2v) is 10.8. The first kappa shape index (κ1) is 28.0. The van der Waals surface area contributed by atoms with Crippen LogP contribution in [0, 0.1) is 0 Å². The van der Waals surface area contributed by atoms with Crippen LogP contribution in [0.5, 0.6) is 5.75 Å². The maximum absolute atomic E-state index is 13.9. The number of nitrogens with zero attached hydrogens (tertiary/aromatic N) is 4. The Bertz CT molecular complexity index is 1510. The van der Waals surface area contributed by atoms with Gasteiger partial charge in [-0.05, 0) is 29.3 Å². The molecule has 0 spiro atoms. The molecule has 5 rings (SSSR count). The zero-order valence-electron chi connectivity index (χ0n) is 21.0. The summed E-state index contributed by atoms with van der Waals surface area (Å²) in [6.07, 6.45) is -0.950. The molecule has 0 aliphatic carbocycles. The maximum atomic E-state index is 13.9. The van der Waals surface area contributed by atoms with Gasteiger partial charge in [-0.1, -0.05) is 48.5 Å². The van der Waals surface area contributed by atoms with Crippen molar-refractivity contribution < 1.29 is 33.0 Å². The van der Waals surface area contributed by atoms with E-state index < -0.39 is 45.3 Å². The first-order valence-corrected chi connectivity index (χ1v) is 14.2. The molecule has 2 aromatic heterocycles. The number of ether oxygens (including phenoxy) is 2. The first-order valence-electron chi connectivity index (χ1n) is 12.2. The number of nitrogen functional groups attached to an aromatic ring is 1. The number of para-hydroxylation sites is 1. The van der Waals surface area contributed by atoms with Crippen molar-refractivity contribution in [2.75, 3.05) is 18.9 Å². The van der Waals surface area contributed by atoms with Gasteiger partial charge in [0, 0.05) is 6.42 Å². The summed E-state index contributed by atoms with van der Waals surface area (Å²) in [5.41, 5.74) is 7.35. The van der Waals surface area contributed by atoms with Gasteiger partial charge in [0.1, 0.15) is 42.9 Å². The molecule has 15 heteroatoms. The summed E-state index contributed by atoms with van der Waals surface area (Å²) in [6.45, 7) is -0.859. The van der Waals surface area contributed by atoms with Crippen LogP contribution in [0.3, 0.4) is 0 Å². The van der Waals surface area contributed by atoms with Crippen molar-refractivity contribution in [3.05, 3.63) is 77.8 Å². The van der Waals surface area contributed by atoms with Crippen molar-refractivity contribution in [2.24, 2.45) is 0 Å². The molecule has 4 N–H and O–H groups in total. The van der Waals surface area contributed by atoms with Gasteiger partial charge in [0.25, 0.3) is 0 Å². The molecule has 1 aliphatic heterocycles. The molecule has 2 aromatic carbocycles. The second-order valence-electron chi connectivity index (χ2n) is 8.78. The van der Waals surface area contributed by atoms with Crippen LogP contribution in [0.25, 0.3) is 11.2 Å². The molecule has 40 heavy (non-hydrogen) atoms. The van der Waals surface area contributed by atoms with Crippen LogP contribution in [-0.4, -0.2) is 56.0 Å². The minimum atomic E-state index is -4.19. The highest BCUT2D eigenvalue weighted by molar-refractivity contribution is 7.52. The zero-order valence-corrected chi connectivity index (χ0v) is 22.6. The molecule has 13 nitrogen and oxygen atoms in total. The third-order valence-electron chi connectivity index (χ3n) is 5.99. The molecule has 0 bridgehead atoms. The number of nitrogens with one attached hydrogen (secondary N) is 1. The average molecular weight is 589 g/mol. The quantitative estimate of drug-likeness (QED) is 0.133. The molecule has 0 saturated carbocycles. The molecule has 4 aromatic rings. The topological polar surface area (TPSA) is 173 Å². The van der Waals surface area contributed by atoms with E-state index in [1.165, 1.54) is 6.33 Å². The van der Waals surface area contributed by atoms with E-state index in [2.05, 4.69) is 20.0 Å². The van der Waals surface area contributed by atoms with Crippen molar-refractivity contribution >= 4 is 42.3 Å². The highest BCUT2D eigenvalue weighted by Crippen LogP contribution is 2.49. The highest BCUT2D eigenvalue weighted by Gasteiger charge is 2.43. The van der Waals surface area contributed by atoms with E-state index in [9.17, 15) is 14.5 Å². The fourth-order valence-corrected chi connectivity index (χ4v) is 5.76. The van der Waals surface area contributed by atoms with E-state index in [-0.39, 0.29) is 29.9 Å². The fourth-order valence-electron chi connectivity index (χ4n) is 4.11. The predicted octanol–water partition coefficient (Wildman–Crippen LogP) is 3.25. The van der Waals surface area contributed by atoms with Gasteiger partial charge in [-0.3, -0.25) is 13.9 Å². The summed E-state index contributed by atoms with van der Waals surface area (Å²) >= 11 is 5.98. The lowest BCUT2D eigenvalue weighted by atomic mass is 10.2. The summed E-state index contributed by atoms with van der Waals surface area (Å²) < 4.78 is 38.3. The molecule has 1 aliphatic rings. The Balaban J connectivity index is 1.31. The molecular weight excluding hydrogens is 563 g/mol. The van der Waals surface area contributed by atoms with Crippen molar-refractivity contribution in [3.8, 4) is 5.75 Å². The number of benzene rings is 2. The largest absolute Gasteiger partial charge is 0.460 e. The van der Waals surface area contributed by atoms with E-state index in [4.69, 9.17) is 35.9 Å². The highest BCUT2D eigenvalue weighted by atomic mass is 35.5. The Labute approximate surface area is 233 Å². The molecule has 3 heterocycles. The molecule has 4 atom stereocenters. The lowest BCUT2D eigenvalue weighted by Gasteiger charge is -2.24. The predicted molar refractivity (Wildman–Crippen MR) is 144 cm³/mol. The van der Waals surface area contributed by atoms with E-state index in [1.807, 2.05) is 30.3 Å². The van der Waals surface area contributed by atoms with E-state index in [0.29, 0.717) is 11.2 Å². The van der Waals surface area contributed by atoms with Crippen molar-refractivity contribution in [1.29, 1.82) is 0 Å². The Morgan fingerprint density at radius 1 is 1.18 bits per heavy atom. The zero-order chi connectivity index (χ0) is 28.1. The van der Waals surface area contributed by atoms with Crippen molar-refractivity contribution in [1.82, 2.24) is 24.6 Å². The Morgan fingerprint density at radius 2 is 1.90 bits per heavy atom. The van der Waals surface area contributed by atoms with Gasteiger partial charge >= 0.3 is 13.7 Å². The van der Waals surface area contributed by atoms with E-state index >= 15 is 0 Å². The van der Waals surface area contributed by atoms with E-state index in [1.54, 1.807) is 34.9 Å². The standard InChI is InChI=1S/C25H26ClN6O7P/c26-25-30-23(27)22-24(31-25)32(15-28-22)20-11-18(19(13-33)37-20)39-40(35,38-17-9-5-2-6-10-17)29-12-21(34)36-14-16-7-3-1-4-8-16/h1-10,15,18-20,33H,11-14H2,(H,29,35)(H2,27,30,31)/t18-,19-,20-,40?/m1/s1. The molecule has 210 valence electrons. The first-order chi connectivity index (χ1) is 19.3. The number of anilines is 1. The van der Waals surface area contributed by atoms with Crippen LogP contribution in [0.15, 0.2) is 67.0 Å². The number of hydrogen-bond acceptors (Lipinski definition) is 11. The third kappa shape index (κ3) is 6.58. The van der Waals surface area contributed by atoms with Gasteiger partial charge in [0.05, 0.1) is 12.9 Å². The number of aliphatic hydroxyl groups is 1. The smallest absolute Gasteiger partial charge is 0.459 e. The molecular formula is C25H26ClN6O7P. The lowest BCUT2D eigenvalue weighted by Crippen LogP contribution is -2.32. The molecule has 1 unspecified atom stereocenters. The Morgan fingerprint density at radius 3 is 2.62 bits per heavy atom. The number of halogens is 1. The molecule has 1 fully saturated rings. The Hall–Kier alpha value is -3.58. The molecule has 0 amide bonds. The van der Waals surface area contributed by atoms with Crippen LogP contribution in [0.4, 0.5) is 5.82 Å². The van der Waals surface area contributed by atoms with Crippen LogP contribution < -0.4 is 15.3 Å². The van der Waals surface area contributed by atoms with Gasteiger partial charge in [-0.25, -0.2) is 14.6 Å². The number of imidazole rings is 1. The number of hydrogen-bond donors (Lipinski definition) is 3. The van der Waals surface area contributed by atoms with Gasteiger partial charge in [0.2, 0.25) is 5.28 Å². The van der Waals surface area contributed by atoms with Gasteiger partial charge in [0.15, 0.2) is 11.5 Å². The van der Waals surface area contributed by atoms with Crippen LogP contribution in [0.1, 0.15) is 18.2 Å². The number of carbonyl (C=O) groups is 1. The minimum Gasteiger partial charge on any atom is -0.460 e. The van der Waals surface area contributed by atoms with Crippen molar-refractivity contribution in [3.63, 3.8) is 0 Å². The summed E-state index contributed by atoms with van der Waals surface area (Å²) in [5, 5.41) is 12.5. The number of aromatic nitrogens is 4. The minimum absolute atomic E-state index is 0.0493. The summed E-state index contributed by atoms with van der Waals surface area (Å²) in [7, 11) is -4.19. The average Bonchev–Trinajstić information content (AvgIpc) is 3.55. The van der Waals surface area contributed by atoms with Crippen LogP contribution in [-0.2, 0) is 30.0 Å². The normalized spacial score (nSPS) is 20.3. The second kappa shape index (κ2) is 12.3. The third-order valence-corrected chi connectivity index (χ3v) is 7.71. The van der Waals surface area contributed by atoms with Gasteiger partial charge in [-0.15, -0.1) is 0 Å². The lowest BCUT2D eigenvalue weighted by molar-refractivity contribution is -0.143. The monoisotopic (exact) mass is 588 g/mol. The van der Waals surface area contributed by atoms with Gasteiger partial charge in [-0.2, -0.15) is 9.97 Å².